The summed E-state index contributed by atoms with van der Waals surface area (Å²) in [6.07, 6.45) is 0.652. The SMILES string of the molecule is COCCOCCC(=O)Cc1cccc(Cl)c1Cl. The van der Waals surface area contributed by atoms with Gasteiger partial charge in [0.1, 0.15) is 5.78 Å². The summed E-state index contributed by atoms with van der Waals surface area (Å²) in [5, 5.41) is 0.922. The van der Waals surface area contributed by atoms with Crippen molar-refractivity contribution in [1.82, 2.24) is 0 Å². The van der Waals surface area contributed by atoms with Gasteiger partial charge in [0.2, 0.25) is 0 Å². The third-order valence-corrected chi connectivity index (χ3v) is 3.23. The van der Waals surface area contributed by atoms with Crippen molar-refractivity contribution < 1.29 is 14.3 Å². The van der Waals surface area contributed by atoms with Gasteiger partial charge in [0.15, 0.2) is 0 Å². The summed E-state index contributed by atoms with van der Waals surface area (Å²) in [4.78, 5) is 11.7. The van der Waals surface area contributed by atoms with E-state index in [1.54, 1.807) is 25.3 Å². The number of hydrogen-bond acceptors (Lipinski definition) is 3. The minimum absolute atomic E-state index is 0.0802. The first-order valence-electron chi connectivity index (χ1n) is 5.66. The van der Waals surface area contributed by atoms with Crippen molar-refractivity contribution >= 4 is 29.0 Å². The Labute approximate surface area is 117 Å². The fourth-order valence-electron chi connectivity index (χ4n) is 1.42. The molecule has 0 saturated heterocycles. The van der Waals surface area contributed by atoms with Gasteiger partial charge in [-0.2, -0.15) is 0 Å². The van der Waals surface area contributed by atoms with Crippen LogP contribution in [0, 0.1) is 0 Å². The van der Waals surface area contributed by atoms with Crippen LogP contribution in [0.5, 0.6) is 0 Å². The molecule has 0 bridgehead atoms. The average molecular weight is 291 g/mol. The molecule has 0 unspecified atom stereocenters. The molecule has 18 heavy (non-hydrogen) atoms. The predicted molar refractivity (Wildman–Crippen MR) is 72.5 cm³/mol. The highest BCUT2D eigenvalue weighted by Crippen LogP contribution is 2.26. The van der Waals surface area contributed by atoms with Gasteiger partial charge >= 0.3 is 0 Å². The van der Waals surface area contributed by atoms with Gasteiger partial charge in [-0.05, 0) is 11.6 Å². The Morgan fingerprint density at radius 3 is 2.72 bits per heavy atom. The number of ketones is 1. The van der Waals surface area contributed by atoms with E-state index < -0.39 is 0 Å². The van der Waals surface area contributed by atoms with E-state index in [2.05, 4.69) is 0 Å². The second-order valence-corrected chi connectivity index (χ2v) is 4.57. The van der Waals surface area contributed by atoms with Gasteiger partial charge in [0.25, 0.3) is 0 Å². The highest BCUT2D eigenvalue weighted by Gasteiger charge is 2.09. The maximum Gasteiger partial charge on any atom is 0.139 e. The number of benzene rings is 1. The van der Waals surface area contributed by atoms with E-state index in [1.165, 1.54) is 0 Å². The van der Waals surface area contributed by atoms with Crippen LogP contribution in [0.2, 0.25) is 10.0 Å². The van der Waals surface area contributed by atoms with Crippen LogP contribution in [-0.4, -0.2) is 32.7 Å². The Morgan fingerprint density at radius 2 is 2.00 bits per heavy atom. The molecule has 0 radical (unpaired) electrons. The number of halogens is 2. The van der Waals surface area contributed by atoms with E-state index >= 15 is 0 Å². The van der Waals surface area contributed by atoms with E-state index in [-0.39, 0.29) is 12.2 Å². The van der Waals surface area contributed by atoms with Crippen LogP contribution < -0.4 is 0 Å². The molecule has 0 aliphatic carbocycles. The van der Waals surface area contributed by atoms with Crippen molar-refractivity contribution in [3.05, 3.63) is 33.8 Å². The summed E-state index contributed by atoms with van der Waals surface area (Å²) in [7, 11) is 1.61. The molecule has 5 heteroatoms. The van der Waals surface area contributed by atoms with Crippen molar-refractivity contribution in [2.45, 2.75) is 12.8 Å². The molecule has 0 fully saturated rings. The van der Waals surface area contributed by atoms with Crippen molar-refractivity contribution in [3.63, 3.8) is 0 Å². The molecular formula is C13H16Cl2O3. The Hall–Kier alpha value is -0.610. The molecule has 100 valence electrons. The smallest absolute Gasteiger partial charge is 0.139 e. The summed E-state index contributed by atoms with van der Waals surface area (Å²) in [6.45, 7) is 1.44. The quantitative estimate of drug-likeness (QED) is 0.690. The number of carbonyl (C=O) groups excluding carboxylic acids is 1. The van der Waals surface area contributed by atoms with Gasteiger partial charge in [-0.15, -0.1) is 0 Å². The summed E-state index contributed by atoms with van der Waals surface area (Å²) >= 11 is 11.9. The normalized spacial score (nSPS) is 10.6. The maximum atomic E-state index is 11.7. The molecule has 0 atom stereocenters. The maximum absolute atomic E-state index is 11.7. The first kappa shape index (κ1) is 15.4. The summed E-state index contributed by atoms with van der Waals surface area (Å²) in [6, 6.07) is 5.29. The van der Waals surface area contributed by atoms with Gasteiger partial charge in [-0.1, -0.05) is 35.3 Å². The molecule has 1 aromatic carbocycles. The molecule has 0 aromatic heterocycles. The highest BCUT2D eigenvalue weighted by molar-refractivity contribution is 6.42. The standard InChI is InChI=1S/C13H16Cl2O3/c1-17-7-8-18-6-5-11(16)9-10-3-2-4-12(14)13(10)15/h2-4H,5-9H2,1H3. The first-order chi connectivity index (χ1) is 8.65. The number of rotatable bonds is 8. The largest absolute Gasteiger partial charge is 0.382 e. The number of Topliss-reactive ketones (excluding diaryl/α,β-unsaturated/α-hetero) is 1. The molecule has 0 aliphatic heterocycles. The van der Waals surface area contributed by atoms with E-state index in [0.29, 0.717) is 36.3 Å². The molecule has 0 N–H and O–H groups in total. The molecule has 0 aliphatic rings. The van der Waals surface area contributed by atoms with E-state index in [1.807, 2.05) is 0 Å². The van der Waals surface area contributed by atoms with Crippen LogP contribution >= 0.6 is 23.2 Å². The molecular weight excluding hydrogens is 275 g/mol. The van der Waals surface area contributed by atoms with Gasteiger partial charge < -0.3 is 9.47 Å². The van der Waals surface area contributed by atoms with Crippen LogP contribution in [-0.2, 0) is 20.7 Å². The van der Waals surface area contributed by atoms with Crippen molar-refractivity contribution in [2.75, 3.05) is 26.9 Å². The molecule has 0 spiro atoms. The van der Waals surface area contributed by atoms with Crippen LogP contribution in [0.1, 0.15) is 12.0 Å². The molecule has 0 saturated carbocycles. The van der Waals surface area contributed by atoms with Gasteiger partial charge in [-0.25, -0.2) is 0 Å². The van der Waals surface area contributed by atoms with Crippen LogP contribution in [0.25, 0.3) is 0 Å². The second kappa shape index (κ2) is 8.48. The van der Waals surface area contributed by atoms with Crippen LogP contribution in [0.3, 0.4) is 0 Å². The topological polar surface area (TPSA) is 35.5 Å². The van der Waals surface area contributed by atoms with Crippen LogP contribution in [0.4, 0.5) is 0 Å². The van der Waals surface area contributed by atoms with Crippen molar-refractivity contribution in [1.29, 1.82) is 0 Å². The second-order valence-electron chi connectivity index (χ2n) is 3.78. The predicted octanol–water partition coefficient (Wildman–Crippen LogP) is 3.16. The number of carbonyl (C=O) groups is 1. The van der Waals surface area contributed by atoms with Gasteiger partial charge in [-0.3, -0.25) is 4.79 Å². The lowest BCUT2D eigenvalue weighted by molar-refractivity contribution is -0.119. The minimum Gasteiger partial charge on any atom is -0.382 e. The molecule has 3 nitrogen and oxygen atoms in total. The third-order valence-electron chi connectivity index (χ3n) is 2.38. The molecule has 1 aromatic rings. The fourth-order valence-corrected chi connectivity index (χ4v) is 1.80. The third kappa shape index (κ3) is 5.36. The van der Waals surface area contributed by atoms with Crippen LogP contribution in [0.15, 0.2) is 18.2 Å². The average Bonchev–Trinajstić information content (AvgIpc) is 2.35. The van der Waals surface area contributed by atoms with E-state index in [9.17, 15) is 4.79 Å². The zero-order valence-corrected chi connectivity index (χ0v) is 11.8. The Bertz CT molecular complexity index is 394. The number of hydrogen-bond donors (Lipinski definition) is 0. The van der Waals surface area contributed by atoms with Gasteiger partial charge in [0, 0.05) is 20.0 Å². The first-order valence-corrected chi connectivity index (χ1v) is 6.42. The van der Waals surface area contributed by atoms with E-state index in [4.69, 9.17) is 32.7 Å². The lowest BCUT2D eigenvalue weighted by Crippen LogP contribution is -2.10. The zero-order valence-electron chi connectivity index (χ0n) is 10.2. The Morgan fingerprint density at radius 1 is 1.22 bits per heavy atom. The zero-order chi connectivity index (χ0) is 13.4. The van der Waals surface area contributed by atoms with Gasteiger partial charge in [0.05, 0.1) is 29.9 Å². The molecule has 1 rings (SSSR count). The highest BCUT2D eigenvalue weighted by atomic mass is 35.5. The lowest BCUT2D eigenvalue weighted by atomic mass is 10.1. The number of methoxy groups -OCH3 is 1. The van der Waals surface area contributed by atoms with E-state index in [0.717, 1.165) is 5.56 Å². The fraction of sp³-hybridized carbons (Fsp3) is 0.462. The molecule has 0 heterocycles. The van der Waals surface area contributed by atoms with Crippen molar-refractivity contribution in [2.24, 2.45) is 0 Å². The Kier molecular flexibility index (Phi) is 7.28. The summed E-state index contributed by atoms with van der Waals surface area (Å²) in [5.74, 6) is 0.0802. The Balaban J connectivity index is 2.34. The lowest BCUT2D eigenvalue weighted by Gasteiger charge is -2.06. The summed E-state index contributed by atoms with van der Waals surface area (Å²) in [5.41, 5.74) is 0.756. The summed E-state index contributed by atoms with van der Waals surface area (Å²) < 4.78 is 10.1. The molecule has 0 amide bonds. The minimum atomic E-state index is 0.0802. The van der Waals surface area contributed by atoms with Crippen molar-refractivity contribution in [3.8, 4) is 0 Å². The monoisotopic (exact) mass is 290 g/mol. The number of ether oxygens (including phenoxy) is 2.